The minimum atomic E-state index is -1.29. The Kier molecular flexibility index (Phi) is 6.11. The monoisotopic (exact) mass is 457 g/mol. The normalized spacial score (nSPS) is 18.4. The molecule has 0 spiro atoms. The Bertz CT molecular complexity index is 1130. The van der Waals surface area contributed by atoms with E-state index in [1.54, 1.807) is 11.7 Å². The van der Waals surface area contributed by atoms with Gasteiger partial charge in [-0.05, 0) is 37.0 Å². The second-order valence-corrected chi connectivity index (χ2v) is 10.0. The number of aromatic carboxylic acids is 1. The number of aliphatic hydroxyl groups excluding tert-OH is 2. The first kappa shape index (κ1) is 23.5. The number of carboxylic acid groups (broad SMARTS) is 1. The molecule has 1 aliphatic heterocycles. The molecule has 33 heavy (non-hydrogen) atoms. The Labute approximate surface area is 192 Å². The maximum absolute atomic E-state index is 12.5. The summed E-state index contributed by atoms with van der Waals surface area (Å²) in [7, 11) is 1.68. The molecule has 1 fully saturated rings. The van der Waals surface area contributed by atoms with Crippen LogP contribution in [0.4, 0.5) is 0 Å². The highest BCUT2D eigenvalue weighted by Crippen LogP contribution is 2.47. The lowest BCUT2D eigenvalue weighted by Crippen LogP contribution is -2.36. The highest BCUT2D eigenvalue weighted by molar-refractivity contribution is 5.87. The van der Waals surface area contributed by atoms with Crippen LogP contribution in [-0.4, -0.2) is 52.8 Å². The van der Waals surface area contributed by atoms with Crippen molar-refractivity contribution < 1.29 is 29.6 Å². The lowest BCUT2D eigenvalue weighted by atomic mass is 9.77. The zero-order valence-corrected chi connectivity index (χ0v) is 19.3. The molecule has 3 N–H and O–H groups in total. The number of hydrogen-bond acceptors (Lipinski definition) is 6. The van der Waals surface area contributed by atoms with Gasteiger partial charge in [-0.1, -0.05) is 13.8 Å². The summed E-state index contributed by atoms with van der Waals surface area (Å²) in [5.74, 6) is -0.691. The van der Waals surface area contributed by atoms with Gasteiger partial charge in [-0.15, -0.1) is 0 Å². The highest BCUT2D eigenvalue weighted by Gasteiger charge is 2.44. The molecule has 8 heteroatoms. The van der Waals surface area contributed by atoms with Crippen LogP contribution in [0.15, 0.2) is 29.2 Å². The van der Waals surface area contributed by atoms with E-state index in [2.05, 4.69) is 0 Å². The van der Waals surface area contributed by atoms with Crippen molar-refractivity contribution in [1.82, 2.24) is 4.57 Å². The minimum absolute atomic E-state index is 0.0198. The van der Waals surface area contributed by atoms with E-state index in [9.17, 15) is 24.9 Å². The summed E-state index contributed by atoms with van der Waals surface area (Å²) in [4.78, 5) is 24.1. The lowest BCUT2D eigenvalue weighted by molar-refractivity contribution is 0.0691. The Balaban J connectivity index is 1.81. The van der Waals surface area contributed by atoms with Crippen molar-refractivity contribution in [2.45, 2.75) is 45.8 Å². The van der Waals surface area contributed by atoms with Gasteiger partial charge in [0.05, 0.1) is 32.1 Å². The number of ether oxygens (including phenoxy) is 2. The number of fused-ring (bicyclic) bond motifs is 3. The van der Waals surface area contributed by atoms with Gasteiger partial charge in [-0.2, -0.15) is 0 Å². The Hall–Kier alpha value is -2.68. The average Bonchev–Trinajstić information content (AvgIpc) is 3.55. The molecule has 4 rings (SSSR count). The molecular formula is C25H31NO7. The van der Waals surface area contributed by atoms with Crippen molar-refractivity contribution in [3.8, 4) is 17.0 Å². The van der Waals surface area contributed by atoms with Crippen molar-refractivity contribution in [2.24, 2.45) is 10.8 Å². The quantitative estimate of drug-likeness (QED) is 0.530. The first-order valence-corrected chi connectivity index (χ1v) is 11.1. The molecule has 0 amide bonds. The fourth-order valence-electron chi connectivity index (χ4n) is 4.63. The van der Waals surface area contributed by atoms with Gasteiger partial charge >= 0.3 is 5.97 Å². The number of hydrogen-bond donors (Lipinski definition) is 3. The predicted octanol–water partition coefficient (Wildman–Crippen LogP) is 2.63. The van der Waals surface area contributed by atoms with Gasteiger partial charge in [-0.3, -0.25) is 4.79 Å². The number of benzene rings is 1. The van der Waals surface area contributed by atoms with Gasteiger partial charge in [0, 0.05) is 47.4 Å². The van der Waals surface area contributed by atoms with Crippen LogP contribution in [0.2, 0.25) is 0 Å². The van der Waals surface area contributed by atoms with Crippen molar-refractivity contribution in [1.29, 1.82) is 0 Å². The number of carbonyl (C=O) groups is 1. The zero-order valence-electron chi connectivity index (χ0n) is 19.3. The lowest BCUT2D eigenvalue weighted by Gasteiger charge is -2.40. The molecule has 1 saturated carbocycles. The smallest absolute Gasteiger partial charge is 0.341 e. The predicted molar refractivity (Wildman–Crippen MR) is 122 cm³/mol. The molecule has 0 unspecified atom stereocenters. The van der Waals surface area contributed by atoms with Crippen LogP contribution in [0.5, 0.6) is 5.75 Å². The van der Waals surface area contributed by atoms with Crippen molar-refractivity contribution >= 4 is 5.97 Å². The van der Waals surface area contributed by atoms with Crippen molar-refractivity contribution in [2.75, 3.05) is 26.9 Å². The number of aromatic nitrogens is 1. The van der Waals surface area contributed by atoms with Crippen molar-refractivity contribution in [3.05, 3.63) is 51.3 Å². The van der Waals surface area contributed by atoms with Crippen LogP contribution in [0.25, 0.3) is 11.3 Å². The summed E-state index contributed by atoms with van der Waals surface area (Å²) in [6, 6.07) is 4.78. The van der Waals surface area contributed by atoms with E-state index < -0.39 is 16.8 Å². The minimum Gasteiger partial charge on any atom is -0.493 e. The summed E-state index contributed by atoms with van der Waals surface area (Å²) in [6.07, 6.45) is 3.96. The highest BCUT2D eigenvalue weighted by atomic mass is 16.5. The van der Waals surface area contributed by atoms with Crippen LogP contribution in [0.1, 0.15) is 54.2 Å². The molecule has 8 nitrogen and oxygen atoms in total. The summed E-state index contributed by atoms with van der Waals surface area (Å²) >= 11 is 0. The first-order valence-electron chi connectivity index (χ1n) is 11.1. The molecular weight excluding hydrogens is 426 g/mol. The fourth-order valence-corrected chi connectivity index (χ4v) is 4.63. The van der Waals surface area contributed by atoms with Gasteiger partial charge in [0.2, 0.25) is 0 Å². The number of methoxy groups -OCH3 is 1. The zero-order chi connectivity index (χ0) is 24.0. The third-order valence-corrected chi connectivity index (χ3v) is 7.04. The van der Waals surface area contributed by atoms with E-state index in [0.29, 0.717) is 36.6 Å². The molecule has 0 radical (unpaired) electrons. The van der Waals surface area contributed by atoms with E-state index in [4.69, 9.17) is 9.47 Å². The van der Waals surface area contributed by atoms with E-state index in [0.717, 1.165) is 24.0 Å². The molecule has 1 aromatic carbocycles. The van der Waals surface area contributed by atoms with Gasteiger partial charge in [0.15, 0.2) is 5.43 Å². The maximum Gasteiger partial charge on any atom is 0.341 e. The molecule has 2 heterocycles. The van der Waals surface area contributed by atoms with Gasteiger partial charge in [0.1, 0.15) is 11.3 Å². The van der Waals surface area contributed by atoms with E-state index in [1.165, 1.54) is 12.3 Å². The number of pyridine rings is 1. The topological polar surface area (TPSA) is 118 Å². The standard InChI is InChI=1S/C25H31NO7/c1-24(2,12-28)22-8-15-7-21(33-14-25(4-5-25)13-32-3)16(11-27)6-17(15)19-9-20(29)18(23(30)31)10-26(19)22/h6-7,9-10,22,27-28H,4-5,8,11-14H2,1-3H3,(H,30,31)/t22-/m0/s1. The number of carboxylic acids is 1. The van der Waals surface area contributed by atoms with Crippen LogP contribution in [-0.2, 0) is 17.8 Å². The number of rotatable bonds is 9. The largest absolute Gasteiger partial charge is 0.493 e. The van der Waals surface area contributed by atoms with Crippen LogP contribution in [0.3, 0.4) is 0 Å². The molecule has 178 valence electrons. The van der Waals surface area contributed by atoms with E-state index in [1.807, 2.05) is 26.0 Å². The van der Waals surface area contributed by atoms with E-state index >= 15 is 0 Å². The summed E-state index contributed by atoms with van der Waals surface area (Å²) in [6.45, 7) is 4.59. The van der Waals surface area contributed by atoms with Crippen molar-refractivity contribution in [3.63, 3.8) is 0 Å². The molecule has 0 saturated heterocycles. The van der Waals surface area contributed by atoms with Gasteiger partial charge in [-0.25, -0.2) is 4.79 Å². The van der Waals surface area contributed by atoms with Crippen LogP contribution >= 0.6 is 0 Å². The van der Waals surface area contributed by atoms with E-state index in [-0.39, 0.29) is 30.2 Å². The molecule has 1 aromatic heterocycles. The number of nitrogens with zero attached hydrogens (tertiary/aromatic N) is 1. The summed E-state index contributed by atoms with van der Waals surface area (Å²) in [5, 5.41) is 29.6. The molecule has 0 bridgehead atoms. The number of aliphatic hydroxyl groups is 2. The summed E-state index contributed by atoms with van der Waals surface area (Å²) in [5.41, 5.74) is 1.40. The first-order chi connectivity index (χ1) is 15.6. The molecule has 1 atom stereocenters. The second kappa shape index (κ2) is 8.59. The molecule has 1 aliphatic carbocycles. The average molecular weight is 458 g/mol. The fraction of sp³-hybridized carbons (Fsp3) is 0.520. The summed E-state index contributed by atoms with van der Waals surface area (Å²) < 4.78 is 13.2. The molecule has 2 aliphatic rings. The SMILES string of the molecule is COCC1(COc2cc3c(cc2CO)-c2cc(=O)c(C(=O)O)cn2[C@H](C(C)(C)CO)C3)CC1. The third kappa shape index (κ3) is 4.30. The van der Waals surface area contributed by atoms with Gasteiger partial charge in [0.25, 0.3) is 0 Å². The Morgan fingerprint density at radius 3 is 2.52 bits per heavy atom. The Morgan fingerprint density at radius 2 is 1.94 bits per heavy atom. The third-order valence-electron chi connectivity index (χ3n) is 7.04. The Morgan fingerprint density at radius 1 is 1.21 bits per heavy atom. The maximum atomic E-state index is 12.5. The van der Waals surface area contributed by atoms with Crippen LogP contribution < -0.4 is 10.2 Å². The second-order valence-electron chi connectivity index (χ2n) is 10.0. The molecule has 2 aromatic rings. The van der Waals surface area contributed by atoms with Crippen LogP contribution in [0, 0.1) is 10.8 Å². The van der Waals surface area contributed by atoms with Gasteiger partial charge < -0.3 is 29.4 Å².